The standard InChI is InChI=1S/C16H13F2N3O4/c17-10-2-1-9(5-11(10)18)14-8-21(3-4-25-14)15(22)12-6-20-13(7-19-12)16(23)24/h1-2,5-7,14H,3-4,8H2,(H,23,24). The van der Waals surface area contributed by atoms with Gasteiger partial charge in [-0.05, 0) is 17.7 Å². The van der Waals surface area contributed by atoms with E-state index in [1.807, 2.05) is 0 Å². The normalized spacial score (nSPS) is 17.4. The van der Waals surface area contributed by atoms with Crippen LogP contribution in [0.5, 0.6) is 0 Å². The highest BCUT2D eigenvalue weighted by Crippen LogP contribution is 2.24. The Morgan fingerprint density at radius 1 is 1.16 bits per heavy atom. The lowest BCUT2D eigenvalue weighted by Crippen LogP contribution is -2.42. The van der Waals surface area contributed by atoms with E-state index in [9.17, 15) is 18.4 Å². The van der Waals surface area contributed by atoms with Gasteiger partial charge in [0, 0.05) is 6.54 Å². The SMILES string of the molecule is O=C(O)c1cnc(C(=O)N2CCOC(c3ccc(F)c(F)c3)C2)cn1. The molecule has 9 heteroatoms. The third-order valence-electron chi connectivity index (χ3n) is 3.76. The first-order chi connectivity index (χ1) is 12.0. The summed E-state index contributed by atoms with van der Waals surface area (Å²) in [5.41, 5.74) is 0.151. The minimum atomic E-state index is -1.24. The Balaban J connectivity index is 1.75. The fourth-order valence-electron chi connectivity index (χ4n) is 2.46. The number of carboxylic acid groups (broad SMARTS) is 1. The van der Waals surface area contributed by atoms with E-state index in [4.69, 9.17) is 9.84 Å². The number of aromatic nitrogens is 2. The van der Waals surface area contributed by atoms with Gasteiger partial charge in [0.25, 0.3) is 5.91 Å². The number of nitrogens with zero attached hydrogens (tertiary/aromatic N) is 3. The van der Waals surface area contributed by atoms with Crippen LogP contribution in [0.2, 0.25) is 0 Å². The zero-order valence-electron chi connectivity index (χ0n) is 12.9. The molecule has 1 aliphatic heterocycles. The summed E-state index contributed by atoms with van der Waals surface area (Å²) in [6, 6.07) is 3.44. The minimum absolute atomic E-state index is 0.00376. The van der Waals surface area contributed by atoms with Crippen LogP contribution in [0.15, 0.2) is 30.6 Å². The molecule has 0 bridgehead atoms. The van der Waals surface area contributed by atoms with Gasteiger partial charge in [-0.15, -0.1) is 0 Å². The molecule has 0 saturated carbocycles. The van der Waals surface area contributed by atoms with Crippen molar-refractivity contribution in [2.75, 3.05) is 19.7 Å². The molecule has 25 heavy (non-hydrogen) atoms. The van der Waals surface area contributed by atoms with E-state index in [-0.39, 0.29) is 24.5 Å². The Morgan fingerprint density at radius 2 is 1.88 bits per heavy atom. The maximum absolute atomic E-state index is 13.4. The first-order valence-corrected chi connectivity index (χ1v) is 7.37. The fourth-order valence-corrected chi connectivity index (χ4v) is 2.46. The van der Waals surface area contributed by atoms with E-state index in [0.717, 1.165) is 24.5 Å². The lowest BCUT2D eigenvalue weighted by molar-refractivity contribution is -0.0231. The highest BCUT2D eigenvalue weighted by atomic mass is 19.2. The second-order valence-electron chi connectivity index (χ2n) is 5.38. The van der Waals surface area contributed by atoms with Crippen LogP contribution in [0.25, 0.3) is 0 Å². The van der Waals surface area contributed by atoms with Crippen LogP contribution in [0.4, 0.5) is 8.78 Å². The second-order valence-corrected chi connectivity index (χ2v) is 5.38. The van der Waals surface area contributed by atoms with E-state index < -0.39 is 29.6 Å². The number of morpholine rings is 1. The quantitative estimate of drug-likeness (QED) is 0.906. The van der Waals surface area contributed by atoms with Gasteiger partial charge in [-0.3, -0.25) is 4.79 Å². The molecule has 3 rings (SSSR count). The molecule has 1 aliphatic rings. The summed E-state index contributed by atoms with van der Waals surface area (Å²) < 4.78 is 32.0. The van der Waals surface area contributed by atoms with Crippen molar-refractivity contribution in [2.24, 2.45) is 0 Å². The summed E-state index contributed by atoms with van der Waals surface area (Å²) in [6.45, 7) is 0.643. The number of amides is 1. The molecule has 7 nitrogen and oxygen atoms in total. The highest BCUT2D eigenvalue weighted by Gasteiger charge is 2.27. The second kappa shape index (κ2) is 6.89. The van der Waals surface area contributed by atoms with E-state index in [1.165, 1.54) is 11.0 Å². The molecule has 1 aromatic heterocycles. The Bertz CT molecular complexity index is 814. The summed E-state index contributed by atoms with van der Waals surface area (Å²) in [4.78, 5) is 32.1. The number of carbonyl (C=O) groups excluding carboxylic acids is 1. The lowest BCUT2D eigenvalue weighted by Gasteiger charge is -2.33. The van der Waals surface area contributed by atoms with Gasteiger partial charge in [0.1, 0.15) is 11.8 Å². The number of hydrogen-bond donors (Lipinski definition) is 1. The van der Waals surface area contributed by atoms with Crippen LogP contribution in [0.3, 0.4) is 0 Å². The number of rotatable bonds is 3. The van der Waals surface area contributed by atoms with Crippen molar-refractivity contribution < 1.29 is 28.2 Å². The fraction of sp³-hybridized carbons (Fsp3) is 0.250. The van der Waals surface area contributed by atoms with Crippen LogP contribution in [-0.4, -0.2) is 51.5 Å². The van der Waals surface area contributed by atoms with E-state index in [2.05, 4.69) is 9.97 Å². The third-order valence-corrected chi connectivity index (χ3v) is 3.76. The van der Waals surface area contributed by atoms with Crippen LogP contribution >= 0.6 is 0 Å². The molecular weight excluding hydrogens is 336 g/mol. The summed E-state index contributed by atoms with van der Waals surface area (Å²) in [6.07, 6.45) is 1.50. The van der Waals surface area contributed by atoms with Gasteiger partial charge in [-0.1, -0.05) is 6.07 Å². The number of benzene rings is 1. The summed E-state index contributed by atoms with van der Waals surface area (Å²) >= 11 is 0. The van der Waals surface area contributed by atoms with Gasteiger partial charge in [-0.2, -0.15) is 0 Å². The highest BCUT2D eigenvalue weighted by molar-refractivity contribution is 5.92. The number of hydrogen-bond acceptors (Lipinski definition) is 5. The number of ether oxygens (including phenoxy) is 1. The maximum atomic E-state index is 13.4. The molecule has 2 aromatic rings. The number of carboxylic acids is 1. The maximum Gasteiger partial charge on any atom is 0.356 e. The largest absolute Gasteiger partial charge is 0.476 e. The van der Waals surface area contributed by atoms with Crippen molar-refractivity contribution in [1.82, 2.24) is 14.9 Å². The Hall–Kier alpha value is -2.94. The van der Waals surface area contributed by atoms with Gasteiger partial charge in [0.15, 0.2) is 17.3 Å². The van der Waals surface area contributed by atoms with Gasteiger partial charge in [0.2, 0.25) is 0 Å². The molecule has 1 amide bonds. The molecule has 130 valence electrons. The molecule has 1 aromatic carbocycles. The monoisotopic (exact) mass is 349 g/mol. The Morgan fingerprint density at radius 3 is 2.52 bits per heavy atom. The van der Waals surface area contributed by atoms with Crippen LogP contribution in [0.1, 0.15) is 32.6 Å². The van der Waals surface area contributed by atoms with Crippen LogP contribution in [0, 0.1) is 11.6 Å². The van der Waals surface area contributed by atoms with Gasteiger partial charge in [-0.25, -0.2) is 23.5 Å². The molecule has 0 radical (unpaired) electrons. The molecule has 0 spiro atoms. The Kier molecular flexibility index (Phi) is 4.66. The Labute approximate surface area is 140 Å². The van der Waals surface area contributed by atoms with Crippen molar-refractivity contribution in [3.8, 4) is 0 Å². The summed E-state index contributed by atoms with van der Waals surface area (Å²) in [5.74, 6) is -3.63. The molecule has 1 saturated heterocycles. The average molecular weight is 349 g/mol. The average Bonchev–Trinajstić information content (AvgIpc) is 2.63. The summed E-state index contributed by atoms with van der Waals surface area (Å²) in [5, 5.41) is 8.79. The van der Waals surface area contributed by atoms with Crippen LogP contribution < -0.4 is 0 Å². The molecule has 1 fully saturated rings. The van der Waals surface area contributed by atoms with E-state index in [1.54, 1.807) is 0 Å². The van der Waals surface area contributed by atoms with Gasteiger partial charge < -0.3 is 14.7 Å². The number of carbonyl (C=O) groups is 2. The minimum Gasteiger partial charge on any atom is -0.476 e. The predicted molar refractivity (Wildman–Crippen MR) is 79.9 cm³/mol. The van der Waals surface area contributed by atoms with Crippen molar-refractivity contribution >= 4 is 11.9 Å². The van der Waals surface area contributed by atoms with Crippen molar-refractivity contribution in [3.05, 3.63) is 59.2 Å². The van der Waals surface area contributed by atoms with Crippen molar-refractivity contribution in [3.63, 3.8) is 0 Å². The van der Waals surface area contributed by atoms with E-state index >= 15 is 0 Å². The molecule has 1 N–H and O–H groups in total. The molecule has 2 heterocycles. The first kappa shape index (κ1) is 16.9. The van der Waals surface area contributed by atoms with Crippen molar-refractivity contribution in [1.29, 1.82) is 0 Å². The topological polar surface area (TPSA) is 92.6 Å². The van der Waals surface area contributed by atoms with E-state index in [0.29, 0.717) is 12.1 Å². The third kappa shape index (κ3) is 3.61. The van der Waals surface area contributed by atoms with Gasteiger partial charge >= 0.3 is 5.97 Å². The smallest absolute Gasteiger partial charge is 0.356 e. The summed E-state index contributed by atoms with van der Waals surface area (Å²) in [7, 11) is 0. The van der Waals surface area contributed by atoms with Gasteiger partial charge in [0.05, 0.1) is 25.5 Å². The molecular formula is C16H13F2N3O4. The lowest BCUT2D eigenvalue weighted by atomic mass is 10.1. The zero-order valence-corrected chi connectivity index (χ0v) is 12.9. The van der Waals surface area contributed by atoms with Crippen molar-refractivity contribution in [2.45, 2.75) is 6.10 Å². The zero-order chi connectivity index (χ0) is 18.0. The first-order valence-electron chi connectivity index (χ1n) is 7.37. The number of aromatic carboxylic acids is 1. The number of halogens is 2. The van der Waals surface area contributed by atoms with Crippen LogP contribution in [-0.2, 0) is 4.74 Å². The predicted octanol–water partition coefficient (Wildman–Crippen LogP) is 1.67. The molecule has 0 aliphatic carbocycles. The molecule has 1 unspecified atom stereocenters. The molecule has 1 atom stereocenters.